The number of imidazole rings is 2. The Balaban J connectivity index is 0.000000177. The van der Waals surface area contributed by atoms with Gasteiger partial charge in [-0.3, -0.25) is 9.97 Å². The van der Waals surface area contributed by atoms with Crippen molar-refractivity contribution >= 4 is 44.0 Å². The predicted octanol–water partition coefficient (Wildman–Crippen LogP) is 18.2. The van der Waals surface area contributed by atoms with Gasteiger partial charge >= 0.3 is 0 Å². The molecule has 8 aromatic carbocycles. The Morgan fingerprint density at radius 2 is 1.03 bits per heavy atom. The first-order chi connectivity index (χ1) is 34.2. The van der Waals surface area contributed by atoms with Crippen LogP contribution >= 0.6 is 0 Å². The Kier molecular flexibility index (Phi) is 13.8. The van der Waals surface area contributed by atoms with Crippen molar-refractivity contribution in [2.75, 3.05) is 0 Å². The summed E-state index contributed by atoms with van der Waals surface area (Å²) in [5, 5.41) is 2.07. The Labute approximate surface area is 434 Å². The maximum absolute atomic E-state index is 8.49. The molecule has 3 aromatic heterocycles. The standard InChI is InChI=1S/C34H33N2O.C31H29N2.Ir/c1-20(2)23-17-18-26-27-13-10-14-28(33(27)37-31(26)19-23)34-35-29-15-7-8-16-30(29)36(34)32-24(21(3)4)11-9-12-25(32)22(5)6;1-21(2)26-19-25(23-13-7-5-8-14-23)20-27(22(3)4)30(26)33-29-18-12-11-17-28(29)32-31(33)24-15-9-6-10-16-24;/h7-13,15-22H,1-6H3;5-15,17-22H,1-4H3;/q2*-1;/i20D;;. The second kappa shape index (κ2) is 20.5. The fraction of sp³-hybridized carbons (Fsp3) is 0.231. The minimum Gasteiger partial charge on any atom is -0.501 e. The van der Waals surface area contributed by atoms with Crippen molar-refractivity contribution < 1.29 is 25.9 Å². The van der Waals surface area contributed by atoms with Gasteiger partial charge in [0, 0.05) is 38.2 Å². The predicted molar refractivity (Wildman–Crippen MR) is 294 cm³/mol. The van der Waals surface area contributed by atoms with E-state index in [1.165, 1.54) is 44.8 Å². The van der Waals surface area contributed by atoms with Crippen LogP contribution < -0.4 is 0 Å². The molecule has 0 spiro atoms. The largest absolute Gasteiger partial charge is 0.501 e. The van der Waals surface area contributed by atoms with Gasteiger partial charge in [-0.1, -0.05) is 165 Å². The van der Waals surface area contributed by atoms with E-state index in [2.05, 4.69) is 204 Å². The number of benzene rings is 8. The maximum Gasteiger partial charge on any atom is 0.121 e. The van der Waals surface area contributed by atoms with E-state index < -0.39 is 5.89 Å². The van der Waals surface area contributed by atoms with Crippen LogP contribution in [0.1, 0.15) is 128 Å². The number of para-hydroxylation sites is 5. The first-order valence-corrected chi connectivity index (χ1v) is 24.9. The normalized spacial score (nSPS) is 12.1. The molecule has 0 amide bonds. The first kappa shape index (κ1) is 47.8. The van der Waals surface area contributed by atoms with Crippen LogP contribution in [0, 0.1) is 12.1 Å². The van der Waals surface area contributed by atoms with E-state index in [-0.39, 0.29) is 20.1 Å². The van der Waals surface area contributed by atoms with Crippen LogP contribution in [0.25, 0.3) is 89.3 Å². The van der Waals surface area contributed by atoms with Crippen LogP contribution in [0.5, 0.6) is 0 Å². The average molecular weight is 1110 g/mol. The zero-order valence-electron chi connectivity index (χ0n) is 43.4. The van der Waals surface area contributed by atoms with Gasteiger partial charge in [-0.2, -0.15) is 0 Å². The summed E-state index contributed by atoms with van der Waals surface area (Å²) in [5.41, 5.74) is 18.7. The van der Waals surface area contributed by atoms with E-state index in [4.69, 9.17) is 15.8 Å². The minimum absolute atomic E-state index is 0. The van der Waals surface area contributed by atoms with Crippen molar-refractivity contribution in [3.63, 3.8) is 0 Å². The SMILES string of the molecule is CC(C)c1cc(-c2ccccc2)cc(C(C)C)c1-n1c(-c2[c-]cccc2)nc2ccccc21.[2H]C(C)(C)c1ccc2c(c1)oc1c(-c3nc4ccccc4n3-c3c(C(C)C)cccc3C(C)C)[c-]ccc12.[Ir]. The summed E-state index contributed by atoms with van der Waals surface area (Å²) in [6, 6.07) is 64.0. The molecule has 0 aliphatic heterocycles. The van der Waals surface area contributed by atoms with Crippen LogP contribution in [-0.4, -0.2) is 19.1 Å². The van der Waals surface area contributed by atoms with Crippen molar-refractivity contribution in [1.82, 2.24) is 19.1 Å². The summed E-state index contributed by atoms with van der Waals surface area (Å²) in [4.78, 5) is 10.3. The van der Waals surface area contributed by atoms with Crippen LogP contribution in [0.15, 0.2) is 168 Å². The minimum atomic E-state index is -0.704. The summed E-state index contributed by atoms with van der Waals surface area (Å²) in [6.07, 6.45) is 0. The van der Waals surface area contributed by atoms with Gasteiger partial charge in [0.1, 0.15) is 5.58 Å². The van der Waals surface area contributed by atoms with Gasteiger partial charge in [0.05, 0.1) is 39.3 Å². The number of rotatable bonds is 10. The van der Waals surface area contributed by atoms with E-state index in [1.807, 2.05) is 50.2 Å². The molecule has 0 fully saturated rings. The molecule has 11 rings (SSSR count). The third-order valence-corrected chi connectivity index (χ3v) is 13.6. The molecule has 0 N–H and O–H groups in total. The van der Waals surface area contributed by atoms with Crippen LogP contribution in [0.2, 0.25) is 0 Å². The molecule has 71 heavy (non-hydrogen) atoms. The van der Waals surface area contributed by atoms with Gasteiger partial charge in [-0.05, 0) is 111 Å². The van der Waals surface area contributed by atoms with E-state index >= 15 is 0 Å². The topological polar surface area (TPSA) is 48.8 Å². The molecule has 5 nitrogen and oxygen atoms in total. The molecular formula is C65H62IrN4O-2. The second-order valence-corrected chi connectivity index (χ2v) is 20.0. The molecule has 3 heterocycles. The fourth-order valence-corrected chi connectivity index (χ4v) is 9.99. The number of furan rings is 1. The average Bonchev–Trinajstić information content (AvgIpc) is 4.07. The third kappa shape index (κ3) is 9.21. The molecule has 0 atom stereocenters. The molecular weight excluding hydrogens is 1040 g/mol. The summed E-state index contributed by atoms with van der Waals surface area (Å²) >= 11 is 0. The molecule has 0 unspecified atom stereocenters. The maximum atomic E-state index is 8.49. The van der Waals surface area contributed by atoms with Crippen molar-refractivity contribution in [2.45, 2.75) is 98.8 Å². The van der Waals surface area contributed by atoms with E-state index in [0.29, 0.717) is 23.7 Å². The molecule has 0 aliphatic rings. The zero-order valence-corrected chi connectivity index (χ0v) is 44.8. The van der Waals surface area contributed by atoms with Crippen LogP contribution in [-0.2, 0) is 20.1 Å². The quantitative estimate of drug-likeness (QED) is 0.128. The Morgan fingerprint density at radius 1 is 0.479 bits per heavy atom. The molecule has 0 bridgehead atoms. The number of fused-ring (bicyclic) bond motifs is 5. The van der Waals surface area contributed by atoms with Crippen molar-refractivity contribution in [1.29, 1.82) is 0 Å². The zero-order chi connectivity index (χ0) is 49.7. The Bertz CT molecular complexity index is 3650. The molecule has 0 saturated carbocycles. The van der Waals surface area contributed by atoms with Crippen molar-refractivity contribution in [3.8, 4) is 45.3 Å². The smallest absolute Gasteiger partial charge is 0.121 e. The summed E-state index contributed by atoms with van der Waals surface area (Å²) < 4.78 is 19.7. The van der Waals surface area contributed by atoms with Gasteiger partial charge in [0.15, 0.2) is 0 Å². The molecule has 0 saturated heterocycles. The number of aromatic nitrogens is 4. The van der Waals surface area contributed by atoms with Gasteiger partial charge in [0.25, 0.3) is 0 Å². The van der Waals surface area contributed by atoms with Gasteiger partial charge in [-0.15, -0.1) is 54.1 Å². The van der Waals surface area contributed by atoms with Gasteiger partial charge in [-0.25, -0.2) is 0 Å². The summed E-state index contributed by atoms with van der Waals surface area (Å²) in [7, 11) is 0. The molecule has 6 heteroatoms. The number of hydrogen-bond donors (Lipinski definition) is 0. The summed E-state index contributed by atoms with van der Waals surface area (Å²) in [5.74, 6) is 2.46. The van der Waals surface area contributed by atoms with Crippen LogP contribution in [0.3, 0.4) is 0 Å². The summed E-state index contributed by atoms with van der Waals surface area (Å²) in [6.45, 7) is 21.9. The van der Waals surface area contributed by atoms with Crippen molar-refractivity contribution in [2.24, 2.45) is 0 Å². The third-order valence-electron chi connectivity index (χ3n) is 13.6. The monoisotopic (exact) mass is 1110 g/mol. The van der Waals surface area contributed by atoms with Gasteiger partial charge < -0.3 is 13.6 Å². The van der Waals surface area contributed by atoms with Crippen molar-refractivity contribution in [3.05, 3.63) is 204 Å². The van der Waals surface area contributed by atoms with Crippen LogP contribution in [0.4, 0.5) is 0 Å². The Morgan fingerprint density at radius 3 is 1.61 bits per heavy atom. The molecule has 1 radical (unpaired) electrons. The van der Waals surface area contributed by atoms with E-state index in [9.17, 15) is 0 Å². The Hall–Kier alpha value is -6.85. The first-order valence-electron chi connectivity index (χ1n) is 25.4. The van der Waals surface area contributed by atoms with E-state index in [0.717, 1.165) is 72.3 Å². The fourth-order valence-electron chi connectivity index (χ4n) is 9.99. The molecule has 359 valence electrons. The molecule has 11 aromatic rings. The molecule has 0 aliphatic carbocycles. The number of nitrogens with zero attached hydrogens (tertiary/aromatic N) is 4. The second-order valence-electron chi connectivity index (χ2n) is 20.0. The number of hydrogen-bond acceptors (Lipinski definition) is 3. The van der Waals surface area contributed by atoms with Gasteiger partial charge in [0.2, 0.25) is 0 Å². The van der Waals surface area contributed by atoms with E-state index in [1.54, 1.807) is 0 Å².